The number of hydrogen-bond donors (Lipinski definition) is 2. The smallest absolute Gasteiger partial charge is 0.417 e. The average molecular weight is 288 g/mol. The fourth-order valence-electron chi connectivity index (χ4n) is 2.35. The van der Waals surface area contributed by atoms with Gasteiger partial charge < -0.3 is 15.3 Å². The van der Waals surface area contributed by atoms with Crippen molar-refractivity contribution in [3.63, 3.8) is 0 Å². The molecule has 0 aliphatic carbocycles. The molecule has 1 aromatic carbocycles. The van der Waals surface area contributed by atoms with Crippen molar-refractivity contribution in [2.24, 2.45) is 0 Å². The third kappa shape index (κ3) is 3.22. The summed E-state index contributed by atoms with van der Waals surface area (Å²) >= 11 is 0. The first-order valence-electron chi connectivity index (χ1n) is 6.17. The van der Waals surface area contributed by atoms with Gasteiger partial charge in [-0.2, -0.15) is 13.2 Å². The maximum absolute atomic E-state index is 12.7. The molecule has 1 fully saturated rings. The normalized spacial score (nSPS) is 20.1. The predicted molar refractivity (Wildman–Crippen MR) is 67.9 cm³/mol. The van der Waals surface area contributed by atoms with Crippen LogP contribution in [-0.2, 0) is 6.18 Å². The van der Waals surface area contributed by atoms with Crippen LogP contribution in [0.2, 0.25) is 0 Å². The molecule has 0 aromatic heterocycles. The van der Waals surface area contributed by atoms with Crippen LogP contribution in [0.25, 0.3) is 0 Å². The van der Waals surface area contributed by atoms with Crippen LogP contribution in [0.4, 0.5) is 18.9 Å². The van der Waals surface area contributed by atoms with Crippen molar-refractivity contribution in [2.75, 3.05) is 25.5 Å². The molecule has 1 aliphatic heterocycles. The minimum atomic E-state index is -4.67. The number of carboxylic acid groups (broad SMARTS) is 1. The molecule has 7 heteroatoms. The second kappa shape index (κ2) is 5.32. The van der Waals surface area contributed by atoms with E-state index in [-0.39, 0.29) is 6.04 Å². The molecule has 110 valence electrons. The third-order valence-electron chi connectivity index (χ3n) is 3.32. The highest BCUT2D eigenvalue weighted by molar-refractivity contribution is 5.91. The van der Waals surface area contributed by atoms with Gasteiger partial charge in [0.1, 0.15) is 0 Å². The molecular formula is C13H15F3N2O2. The van der Waals surface area contributed by atoms with E-state index >= 15 is 0 Å². The molecule has 1 aromatic rings. The number of halogens is 3. The lowest BCUT2D eigenvalue weighted by Crippen LogP contribution is -2.24. The maximum atomic E-state index is 12.7. The number of alkyl halides is 3. The first kappa shape index (κ1) is 14.6. The van der Waals surface area contributed by atoms with E-state index in [1.54, 1.807) is 0 Å². The SMILES string of the molecule is CN1CCC(Nc2ccc(C(F)(F)F)c(C(=O)O)c2)C1. The van der Waals surface area contributed by atoms with Crippen LogP contribution in [0, 0.1) is 0 Å². The zero-order valence-corrected chi connectivity index (χ0v) is 10.9. The molecule has 0 radical (unpaired) electrons. The van der Waals surface area contributed by atoms with Gasteiger partial charge in [-0.05, 0) is 38.2 Å². The van der Waals surface area contributed by atoms with Gasteiger partial charge >= 0.3 is 12.1 Å². The van der Waals surface area contributed by atoms with E-state index in [9.17, 15) is 18.0 Å². The average Bonchev–Trinajstić information content (AvgIpc) is 2.73. The van der Waals surface area contributed by atoms with Gasteiger partial charge in [0, 0.05) is 18.3 Å². The second-order valence-electron chi connectivity index (χ2n) is 4.96. The van der Waals surface area contributed by atoms with Crippen LogP contribution < -0.4 is 5.32 Å². The molecule has 0 spiro atoms. The number of likely N-dealkylation sites (tertiary alicyclic amines) is 1. The topological polar surface area (TPSA) is 52.6 Å². The Balaban J connectivity index is 2.24. The summed E-state index contributed by atoms with van der Waals surface area (Å²) in [6.45, 7) is 1.69. The summed E-state index contributed by atoms with van der Waals surface area (Å²) in [4.78, 5) is 13.1. The number of anilines is 1. The van der Waals surface area contributed by atoms with Crippen molar-refractivity contribution >= 4 is 11.7 Å². The summed E-state index contributed by atoms with van der Waals surface area (Å²) in [6, 6.07) is 3.25. The number of carbonyl (C=O) groups is 1. The Kier molecular flexibility index (Phi) is 3.89. The van der Waals surface area contributed by atoms with Gasteiger partial charge in [0.05, 0.1) is 11.1 Å². The Morgan fingerprint density at radius 2 is 2.15 bits per heavy atom. The standard InChI is InChI=1S/C13H15F3N2O2/c1-18-5-4-9(7-18)17-8-2-3-11(13(14,15)16)10(6-8)12(19)20/h2-3,6,9,17H,4-5,7H2,1H3,(H,19,20). The van der Waals surface area contributed by atoms with Crippen LogP contribution in [0.3, 0.4) is 0 Å². The molecule has 1 saturated heterocycles. The summed E-state index contributed by atoms with van der Waals surface area (Å²) < 4.78 is 38.1. The van der Waals surface area contributed by atoms with Gasteiger partial charge in [0.25, 0.3) is 0 Å². The molecule has 1 atom stereocenters. The lowest BCUT2D eigenvalue weighted by atomic mass is 10.1. The third-order valence-corrected chi connectivity index (χ3v) is 3.32. The van der Waals surface area contributed by atoms with Gasteiger partial charge in [0.15, 0.2) is 0 Å². The molecule has 0 saturated carbocycles. The minimum Gasteiger partial charge on any atom is -0.478 e. The van der Waals surface area contributed by atoms with Gasteiger partial charge in [-0.25, -0.2) is 4.79 Å². The second-order valence-corrected chi connectivity index (χ2v) is 4.96. The van der Waals surface area contributed by atoms with Crippen molar-refractivity contribution in [1.82, 2.24) is 4.90 Å². The first-order chi connectivity index (χ1) is 9.27. The number of hydrogen-bond acceptors (Lipinski definition) is 3. The monoisotopic (exact) mass is 288 g/mol. The summed E-state index contributed by atoms with van der Waals surface area (Å²) in [5, 5.41) is 12.0. The number of carboxylic acids is 1. The lowest BCUT2D eigenvalue weighted by Gasteiger charge is -2.16. The van der Waals surface area contributed by atoms with Crippen LogP contribution >= 0.6 is 0 Å². The number of likely N-dealkylation sites (N-methyl/N-ethyl adjacent to an activating group) is 1. The molecule has 0 bridgehead atoms. The number of aromatic carboxylic acids is 1. The molecule has 20 heavy (non-hydrogen) atoms. The maximum Gasteiger partial charge on any atom is 0.417 e. The number of nitrogens with one attached hydrogen (secondary N) is 1. The highest BCUT2D eigenvalue weighted by atomic mass is 19.4. The van der Waals surface area contributed by atoms with E-state index in [1.807, 2.05) is 7.05 Å². The van der Waals surface area contributed by atoms with E-state index in [0.717, 1.165) is 31.6 Å². The van der Waals surface area contributed by atoms with Crippen LogP contribution in [0.1, 0.15) is 22.3 Å². The lowest BCUT2D eigenvalue weighted by molar-refractivity contribution is -0.138. The highest BCUT2D eigenvalue weighted by Gasteiger charge is 2.35. The number of nitrogens with zero attached hydrogens (tertiary/aromatic N) is 1. The zero-order valence-electron chi connectivity index (χ0n) is 10.9. The zero-order chi connectivity index (χ0) is 14.9. The Labute approximate surface area is 114 Å². The quantitative estimate of drug-likeness (QED) is 0.897. The summed E-state index contributed by atoms with van der Waals surface area (Å²) in [6.07, 6.45) is -3.79. The van der Waals surface area contributed by atoms with Gasteiger partial charge in [0.2, 0.25) is 0 Å². The summed E-state index contributed by atoms with van der Waals surface area (Å²) in [5.74, 6) is -1.58. The van der Waals surface area contributed by atoms with Crippen LogP contribution in [0.5, 0.6) is 0 Å². The molecule has 1 aliphatic rings. The Morgan fingerprint density at radius 1 is 1.45 bits per heavy atom. The predicted octanol–water partition coefficient (Wildman–Crippen LogP) is 2.52. The molecule has 0 amide bonds. The summed E-state index contributed by atoms with van der Waals surface area (Å²) in [7, 11) is 1.96. The van der Waals surface area contributed by atoms with Gasteiger partial charge in [-0.1, -0.05) is 0 Å². The van der Waals surface area contributed by atoms with Crippen LogP contribution in [-0.4, -0.2) is 42.2 Å². The van der Waals surface area contributed by atoms with E-state index in [4.69, 9.17) is 5.11 Å². The molecule has 4 nitrogen and oxygen atoms in total. The number of benzene rings is 1. The fraction of sp³-hybridized carbons (Fsp3) is 0.462. The van der Waals surface area contributed by atoms with Crippen molar-refractivity contribution in [3.8, 4) is 0 Å². The van der Waals surface area contributed by atoms with Crippen molar-refractivity contribution in [3.05, 3.63) is 29.3 Å². The largest absolute Gasteiger partial charge is 0.478 e. The molecule has 1 heterocycles. The van der Waals surface area contributed by atoms with E-state index in [1.165, 1.54) is 6.07 Å². The van der Waals surface area contributed by atoms with E-state index in [0.29, 0.717) is 5.69 Å². The van der Waals surface area contributed by atoms with Crippen molar-refractivity contribution < 1.29 is 23.1 Å². The van der Waals surface area contributed by atoms with Gasteiger partial charge in [-0.15, -0.1) is 0 Å². The molecule has 1 unspecified atom stereocenters. The Hall–Kier alpha value is -1.76. The summed E-state index contributed by atoms with van der Waals surface area (Å²) in [5.41, 5.74) is -1.45. The van der Waals surface area contributed by atoms with Crippen molar-refractivity contribution in [1.29, 1.82) is 0 Å². The fourth-order valence-corrected chi connectivity index (χ4v) is 2.35. The minimum absolute atomic E-state index is 0.124. The molecular weight excluding hydrogens is 273 g/mol. The number of rotatable bonds is 3. The van der Waals surface area contributed by atoms with Gasteiger partial charge in [-0.3, -0.25) is 0 Å². The van der Waals surface area contributed by atoms with E-state index in [2.05, 4.69) is 10.2 Å². The Morgan fingerprint density at radius 3 is 2.65 bits per heavy atom. The van der Waals surface area contributed by atoms with Crippen LogP contribution in [0.15, 0.2) is 18.2 Å². The Bertz CT molecular complexity index is 517. The molecule has 2 N–H and O–H groups in total. The first-order valence-corrected chi connectivity index (χ1v) is 6.17. The van der Waals surface area contributed by atoms with E-state index < -0.39 is 23.3 Å². The van der Waals surface area contributed by atoms with Crippen molar-refractivity contribution in [2.45, 2.75) is 18.6 Å². The highest BCUT2D eigenvalue weighted by Crippen LogP contribution is 2.33. The molecule has 2 rings (SSSR count).